The molecule has 0 aliphatic carbocycles. The van der Waals surface area contributed by atoms with Gasteiger partial charge >= 0.3 is 0 Å². The highest BCUT2D eigenvalue weighted by atomic mass is 32.1. The number of ether oxygens (including phenoxy) is 1. The molecule has 0 radical (unpaired) electrons. The first-order valence-electron chi connectivity index (χ1n) is 8.49. The smallest absolute Gasteiger partial charge is 0.273 e. The summed E-state index contributed by atoms with van der Waals surface area (Å²) in [5.41, 5.74) is 0.525. The first-order valence-corrected chi connectivity index (χ1v) is 9.37. The van der Waals surface area contributed by atoms with Gasteiger partial charge in [0, 0.05) is 42.6 Å². The monoisotopic (exact) mass is 337 g/mol. The summed E-state index contributed by atoms with van der Waals surface area (Å²) in [5, 5.41) is 6.38. The van der Waals surface area contributed by atoms with Gasteiger partial charge in [-0.15, -0.1) is 11.3 Å². The summed E-state index contributed by atoms with van der Waals surface area (Å²) in [7, 11) is 0. The fourth-order valence-electron chi connectivity index (χ4n) is 3.45. The standard InChI is InChI=1S/C17H27N3O2S/c1-16(2,3)15-19-13(12-23-15)14(21)20-9-8-18-7-4-17(20)5-10-22-11-6-17/h12,18H,4-11H2,1-3H3. The summed E-state index contributed by atoms with van der Waals surface area (Å²) in [6, 6.07) is 0. The lowest BCUT2D eigenvalue weighted by Gasteiger charge is -2.45. The zero-order valence-corrected chi connectivity index (χ0v) is 15.2. The fraction of sp³-hybridized carbons (Fsp3) is 0.765. The van der Waals surface area contributed by atoms with E-state index in [0.29, 0.717) is 5.69 Å². The Morgan fingerprint density at radius 3 is 2.70 bits per heavy atom. The van der Waals surface area contributed by atoms with E-state index in [1.54, 1.807) is 11.3 Å². The van der Waals surface area contributed by atoms with Gasteiger partial charge in [0.2, 0.25) is 0 Å². The van der Waals surface area contributed by atoms with Gasteiger partial charge in [-0.1, -0.05) is 20.8 Å². The minimum Gasteiger partial charge on any atom is -0.381 e. The average molecular weight is 337 g/mol. The van der Waals surface area contributed by atoms with E-state index in [4.69, 9.17) is 4.74 Å². The topological polar surface area (TPSA) is 54.5 Å². The van der Waals surface area contributed by atoms with Crippen molar-refractivity contribution in [1.29, 1.82) is 0 Å². The molecule has 3 rings (SSSR count). The molecule has 1 aromatic rings. The Hall–Kier alpha value is -0.980. The van der Waals surface area contributed by atoms with E-state index < -0.39 is 0 Å². The summed E-state index contributed by atoms with van der Waals surface area (Å²) in [4.78, 5) is 19.9. The van der Waals surface area contributed by atoms with Crippen LogP contribution in [-0.4, -0.2) is 54.2 Å². The Morgan fingerprint density at radius 2 is 2.04 bits per heavy atom. The second-order valence-corrected chi connectivity index (χ2v) is 8.44. The molecule has 3 heterocycles. The van der Waals surface area contributed by atoms with Crippen LogP contribution in [-0.2, 0) is 10.2 Å². The molecule has 6 heteroatoms. The highest BCUT2D eigenvalue weighted by molar-refractivity contribution is 7.10. The number of hydrogen-bond acceptors (Lipinski definition) is 5. The zero-order valence-electron chi connectivity index (χ0n) is 14.4. The molecule has 0 unspecified atom stereocenters. The molecule has 2 aliphatic rings. The van der Waals surface area contributed by atoms with E-state index in [1.807, 2.05) is 5.38 Å². The lowest BCUT2D eigenvalue weighted by molar-refractivity contribution is -0.0185. The maximum absolute atomic E-state index is 13.2. The minimum absolute atomic E-state index is 0.0140. The maximum Gasteiger partial charge on any atom is 0.273 e. The summed E-state index contributed by atoms with van der Waals surface area (Å²) in [6.07, 6.45) is 2.85. The number of hydrogen-bond donors (Lipinski definition) is 1. The second-order valence-electron chi connectivity index (χ2n) is 7.58. The number of carbonyl (C=O) groups is 1. The molecule has 1 amide bonds. The summed E-state index contributed by atoms with van der Waals surface area (Å²) >= 11 is 1.59. The second kappa shape index (κ2) is 6.49. The largest absolute Gasteiger partial charge is 0.381 e. The molecule has 128 valence electrons. The number of nitrogens with zero attached hydrogens (tertiary/aromatic N) is 2. The van der Waals surface area contributed by atoms with Crippen LogP contribution < -0.4 is 5.32 Å². The molecular weight excluding hydrogens is 310 g/mol. The van der Waals surface area contributed by atoms with Crippen LogP contribution in [0.4, 0.5) is 0 Å². The van der Waals surface area contributed by atoms with Crippen molar-refractivity contribution >= 4 is 17.2 Å². The van der Waals surface area contributed by atoms with Crippen molar-refractivity contribution in [3.63, 3.8) is 0 Å². The molecule has 2 saturated heterocycles. The highest BCUT2D eigenvalue weighted by Gasteiger charge is 2.42. The van der Waals surface area contributed by atoms with Crippen molar-refractivity contribution < 1.29 is 9.53 Å². The fourth-order valence-corrected chi connectivity index (χ4v) is 4.33. The molecule has 1 spiro atoms. The maximum atomic E-state index is 13.2. The van der Waals surface area contributed by atoms with E-state index in [1.165, 1.54) is 0 Å². The Kier molecular flexibility index (Phi) is 4.76. The molecule has 5 nitrogen and oxygen atoms in total. The third-order valence-electron chi connectivity index (χ3n) is 4.89. The van der Waals surface area contributed by atoms with Crippen molar-refractivity contribution in [2.24, 2.45) is 0 Å². The van der Waals surface area contributed by atoms with Crippen LogP contribution in [0.5, 0.6) is 0 Å². The molecule has 1 aromatic heterocycles. The van der Waals surface area contributed by atoms with E-state index in [-0.39, 0.29) is 16.9 Å². The SMILES string of the molecule is CC(C)(C)c1nc(C(=O)N2CCNCCC23CCOCC3)cs1. The number of thiazole rings is 1. The van der Waals surface area contributed by atoms with E-state index in [0.717, 1.165) is 57.1 Å². The Balaban J connectivity index is 1.87. The van der Waals surface area contributed by atoms with Crippen molar-refractivity contribution in [1.82, 2.24) is 15.2 Å². The Morgan fingerprint density at radius 1 is 1.30 bits per heavy atom. The molecule has 0 saturated carbocycles. The van der Waals surface area contributed by atoms with Gasteiger partial charge in [0.05, 0.1) is 5.01 Å². The molecule has 0 atom stereocenters. The lowest BCUT2D eigenvalue weighted by atomic mass is 9.84. The summed E-state index contributed by atoms with van der Waals surface area (Å²) in [5.74, 6) is 0.0855. The molecule has 1 N–H and O–H groups in total. The number of carbonyl (C=O) groups excluding carboxylic acids is 1. The molecular formula is C17H27N3O2S. The first kappa shape index (κ1) is 16.9. The van der Waals surface area contributed by atoms with Crippen LogP contribution in [0, 0.1) is 0 Å². The predicted octanol–water partition coefficient (Wildman–Crippen LogP) is 2.43. The quantitative estimate of drug-likeness (QED) is 0.855. The van der Waals surface area contributed by atoms with Crippen LogP contribution >= 0.6 is 11.3 Å². The van der Waals surface area contributed by atoms with Gasteiger partial charge < -0.3 is 15.0 Å². The van der Waals surface area contributed by atoms with E-state index in [2.05, 4.69) is 36.0 Å². The van der Waals surface area contributed by atoms with Crippen LogP contribution in [0.3, 0.4) is 0 Å². The number of nitrogens with one attached hydrogen (secondary N) is 1. The predicted molar refractivity (Wildman–Crippen MR) is 92.1 cm³/mol. The van der Waals surface area contributed by atoms with Crippen LogP contribution in [0.1, 0.15) is 55.5 Å². The normalized spacial score (nSPS) is 22.1. The van der Waals surface area contributed by atoms with Crippen molar-refractivity contribution in [2.45, 2.75) is 51.0 Å². The molecule has 23 heavy (non-hydrogen) atoms. The molecule has 0 aromatic carbocycles. The molecule has 2 fully saturated rings. The van der Waals surface area contributed by atoms with Gasteiger partial charge in [-0.25, -0.2) is 4.98 Å². The van der Waals surface area contributed by atoms with Gasteiger partial charge in [-0.2, -0.15) is 0 Å². The lowest BCUT2D eigenvalue weighted by Crippen LogP contribution is -2.55. The number of amides is 1. The zero-order chi connectivity index (χ0) is 16.5. The average Bonchev–Trinajstić information content (AvgIpc) is 2.93. The highest BCUT2D eigenvalue weighted by Crippen LogP contribution is 2.34. The Bertz CT molecular complexity index is 558. The van der Waals surface area contributed by atoms with Gasteiger partial charge in [0.25, 0.3) is 5.91 Å². The number of rotatable bonds is 1. The molecule has 2 aliphatic heterocycles. The third kappa shape index (κ3) is 3.44. The minimum atomic E-state index is -0.0651. The summed E-state index contributed by atoms with van der Waals surface area (Å²) < 4.78 is 5.55. The Labute approximate surface area is 142 Å². The van der Waals surface area contributed by atoms with E-state index >= 15 is 0 Å². The van der Waals surface area contributed by atoms with Crippen LogP contribution in [0.25, 0.3) is 0 Å². The van der Waals surface area contributed by atoms with Gasteiger partial charge in [-0.05, 0) is 25.8 Å². The third-order valence-corrected chi connectivity index (χ3v) is 6.15. The van der Waals surface area contributed by atoms with Crippen molar-refractivity contribution in [3.8, 4) is 0 Å². The van der Waals surface area contributed by atoms with E-state index in [9.17, 15) is 4.79 Å². The first-order chi connectivity index (χ1) is 10.9. The van der Waals surface area contributed by atoms with Crippen molar-refractivity contribution in [3.05, 3.63) is 16.1 Å². The van der Waals surface area contributed by atoms with Gasteiger partial charge in [0.15, 0.2) is 0 Å². The van der Waals surface area contributed by atoms with Crippen molar-refractivity contribution in [2.75, 3.05) is 32.8 Å². The van der Waals surface area contributed by atoms with Gasteiger partial charge in [0.1, 0.15) is 5.69 Å². The summed E-state index contributed by atoms with van der Waals surface area (Å²) in [6.45, 7) is 10.5. The number of aromatic nitrogens is 1. The van der Waals surface area contributed by atoms with Crippen LogP contribution in [0.15, 0.2) is 5.38 Å². The van der Waals surface area contributed by atoms with Gasteiger partial charge in [-0.3, -0.25) is 4.79 Å². The molecule has 0 bridgehead atoms. The van der Waals surface area contributed by atoms with Crippen LogP contribution in [0.2, 0.25) is 0 Å².